The topological polar surface area (TPSA) is 86.3 Å². The number of halogens is 1. The fourth-order valence-corrected chi connectivity index (χ4v) is 2.29. The van der Waals surface area contributed by atoms with E-state index in [4.69, 9.17) is 20.9 Å². The van der Waals surface area contributed by atoms with Crippen LogP contribution in [0.2, 0.25) is 5.02 Å². The molecule has 0 atom stereocenters. The number of methoxy groups -OCH3 is 1. The lowest BCUT2D eigenvalue weighted by atomic mass is 10.3. The first kappa shape index (κ1) is 16.4. The van der Waals surface area contributed by atoms with Gasteiger partial charge in [-0.3, -0.25) is 9.48 Å². The number of rotatable bonds is 6. The number of amides is 1. The van der Waals surface area contributed by atoms with Crippen molar-refractivity contribution in [3.63, 3.8) is 0 Å². The zero-order valence-corrected chi connectivity index (χ0v) is 13.7. The number of ether oxygens (including phenoxy) is 1. The number of hydrogen-bond donors (Lipinski definition) is 0. The van der Waals surface area contributed by atoms with E-state index in [9.17, 15) is 4.79 Å². The molecule has 0 unspecified atom stereocenters. The predicted octanol–water partition coefficient (Wildman–Crippen LogP) is 1.57. The van der Waals surface area contributed by atoms with Gasteiger partial charge in [0.1, 0.15) is 18.8 Å². The normalized spacial score (nSPS) is 11.0. The summed E-state index contributed by atoms with van der Waals surface area (Å²) in [5.74, 6) is 0.551. The van der Waals surface area contributed by atoms with E-state index in [-0.39, 0.29) is 19.1 Å². The van der Waals surface area contributed by atoms with Gasteiger partial charge in [0.25, 0.3) is 5.91 Å². The molecule has 0 spiro atoms. The van der Waals surface area contributed by atoms with E-state index < -0.39 is 0 Å². The Kier molecular flexibility index (Phi) is 5.15. The summed E-state index contributed by atoms with van der Waals surface area (Å²) in [5.41, 5.74) is 0.960. The molecule has 8 nitrogen and oxygen atoms in total. The number of hydrogen-bond acceptors (Lipinski definition) is 6. The van der Waals surface area contributed by atoms with Crippen LogP contribution in [0.3, 0.4) is 0 Å². The molecule has 0 N–H and O–H groups in total. The lowest BCUT2D eigenvalue weighted by Gasteiger charge is -2.18. The van der Waals surface area contributed by atoms with E-state index in [0.717, 1.165) is 0 Å². The molecule has 2 aromatic heterocycles. The predicted molar refractivity (Wildman–Crippen MR) is 78.4 cm³/mol. The van der Waals surface area contributed by atoms with Gasteiger partial charge in [-0.25, -0.2) is 0 Å². The largest absolute Gasteiger partial charge is 0.377 e. The monoisotopic (exact) mass is 327 g/mol. The van der Waals surface area contributed by atoms with Crippen molar-refractivity contribution in [1.82, 2.24) is 24.8 Å². The van der Waals surface area contributed by atoms with Gasteiger partial charge in [-0.1, -0.05) is 16.8 Å². The van der Waals surface area contributed by atoms with Crippen LogP contribution in [0.5, 0.6) is 0 Å². The SMILES string of the molecule is CCN(Cc1nc(COC)no1)C(=O)c1c(Cl)c(C)nn1C. The molecule has 2 heterocycles. The minimum absolute atomic E-state index is 0.201. The summed E-state index contributed by atoms with van der Waals surface area (Å²) in [6, 6.07) is 0. The average Bonchev–Trinajstić information content (AvgIpc) is 3.01. The molecule has 0 radical (unpaired) electrons. The Bertz CT molecular complexity index is 667. The Hall–Kier alpha value is -1.93. The van der Waals surface area contributed by atoms with Crippen LogP contribution in [0, 0.1) is 6.92 Å². The number of aryl methyl sites for hydroxylation is 2. The summed E-state index contributed by atoms with van der Waals surface area (Å²) in [5, 5.41) is 8.28. The van der Waals surface area contributed by atoms with Crippen LogP contribution >= 0.6 is 11.6 Å². The quantitative estimate of drug-likeness (QED) is 0.800. The molecule has 0 aliphatic carbocycles. The standard InChI is InChI=1S/C13H18ClN5O3/c1-5-19(6-10-15-9(7-21-4)17-22-10)13(20)12-11(14)8(2)16-18(12)3/h5-7H2,1-4H3. The molecule has 120 valence electrons. The molecule has 0 bridgehead atoms. The number of nitrogens with zero attached hydrogens (tertiary/aromatic N) is 5. The molecule has 0 aliphatic rings. The molecule has 9 heteroatoms. The van der Waals surface area contributed by atoms with Crippen molar-refractivity contribution in [2.45, 2.75) is 27.0 Å². The van der Waals surface area contributed by atoms with E-state index in [2.05, 4.69) is 15.2 Å². The second-order valence-electron chi connectivity index (χ2n) is 4.73. The molecule has 0 saturated heterocycles. The Morgan fingerprint density at radius 3 is 2.77 bits per heavy atom. The molecular formula is C13H18ClN5O3. The van der Waals surface area contributed by atoms with Gasteiger partial charge in [0.2, 0.25) is 5.89 Å². The van der Waals surface area contributed by atoms with Crippen molar-refractivity contribution >= 4 is 17.5 Å². The minimum atomic E-state index is -0.234. The summed E-state index contributed by atoms with van der Waals surface area (Å²) in [7, 11) is 3.23. The fraction of sp³-hybridized carbons (Fsp3) is 0.538. The molecule has 0 saturated carbocycles. The van der Waals surface area contributed by atoms with Crippen LogP contribution in [-0.4, -0.2) is 44.4 Å². The van der Waals surface area contributed by atoms with Crippen LogP contribution in [0.15, 0.2) is 4.52 Å². The fourth-order valence-electron chi connectivity index (χ4n) is 2.05. The molecule has 2 rings (SSSR count). The van der Waals surface area contributed by atoms with Gasteiger partial charge < -0.3 is 14.2 Å². The smallest absolute Gasteiger partial charge is 0.274 e. The van der Waals surface area contributed by atoms with Crippen LogP contribution in [0.1, 0.15) is 34.8 Å². The minimum Gasteiger partial charge on any atom is -0.377 e. The van der Waals surface area contributed by atoms with E-state index in [0.29, 0.717) is 34.7 Å². The summed E-state index contributed by atoms with van der Waals surface area (Å²) in [6.07, 6.45) is 0. The summed E-state index contributed by atoms with van der Waals surface area (Å²) in [6.45, 7) is 4.55. The van der Waals surface area contributed by atoms with Crippen molar-refractivity contribution in [2.24, 2.45) is 7.05 Å². The third-order valence-corrected chi connectivity index (χ3v) is 3.58. The number of aromatic nitrogens is 4. The maximum Gasteiger partial charge on any atom is 0.274 e. The maximum absolute atomic E-state index is 12.6. The first-order valence-corrected chi connectivity index (χ1v) is 7.14. The van der Waals surface area contributed by atoms with Crippen molar-refractivity contribution in [2.75, 3.05) is 13.7 Å². The Labute approximate surface area is 133 Å². The number of carbonyl (C=O) groups is 1. The highest BCUT2D eigenvalue weighted by molar-refractivity contribution is 6.34. The second kappa shape index (κ2) is 6.89. The van der Waals surface area contributed by atoms with Crippen molar-refractivity contribution < 1.29 is 14.1 Å². The zero-order chi connectivity index (χ0) is 16.3. The van der Waals surface area contributed by atoms with E-state index in [1.807, 2.05) is 6.92 Å². The lowest BCUT2D eigenvalue weighted by Crippen LogP contribution is -2.32. The van der Waals surface area contributed by atoms with Crippen LogP contribution < -0.4 is 0 Å². The molecular weight excluding hydrogens is 310 g/mol. The van der Waals surface area contributed by atoms with Crippen molar-refractivity contribution in [3.05, 3.63) is 28.1 Å². The Balaban J connectivity index is 2.18. The van der Waals surface area contributed by atoms with Gasteiger partial charge >= 0.3 is 0 Å². The van der Waals surface area contributed by atoms with Gasteiger partial charge in [0.15, 0.2) is 5.82 Å². The molecule has 0 fully saturated rings. The van der Waals surface area contributed by atoms with Crippen molar-refractivity contribution in [1.29, 1.82) is 0 Å². The first-order chi connectivity index (χ1) is 10.5. The van der Waals surface area contributed by atoms with Crippen LogP contribution in [0.25, 0.3) is 0 Å². The first-order valence-electron chi connectivity index (χ1n) is 6.76. The summed E-state index contributed by atoms with van der Waals surface area (Å²) >= 11 is 6.16. The summed E-state index contributed by atoms with van der Waals surface area (Å²) in [4.78, 5) is 18.4. The Morgan fingerprint density at radius 1 is 1.50 bits per heavy atom. The van der Waals surface area contributed by atoms with Crippen molar-refractivity contribution in [3.8, 4) is 0 Å². The van der Waals surface area contributed by atoms with Gasteiger partial charge in [0, 0.05) is 20.7 Å². The zero-order valence-electron chi connectivity index (χ0n) is 13.0. The average molecular weight is 328 g/mol. The summed E-state index contributed by atoms with van der Waals surface area (Å²) < 4.78 is 11.5. The second-order valence-corrected chi connectivity index (χ2v) is 5.11. The van der Waals surface area contributed by atoms with E-state index >= 15 is 0 Å². The van der Waals surface area contributed by atoms with Crippen LogP contribution in [0.4, 0.5) is 0 Å². The third-order valence-electron chi connectivity index (χ3n) is 3.13. The highest BCUT2D eigenvalue weighted by Crippen LogP contribution is 2.21. The maximum atomic E-state index is 12.6. The van der Waals surface area contributed by atoms with Gasteiger partial charge in [-0.05, 0) is 13.8 Å². The molecule has 2 aromatic rings. The van der Waals surface area contributed by atoms with Crippen LogP contribution in [-0.2, 0) is 24.9 Å². The number of carbonyl (C=O) groups excluding carboxylic acids is 1. The van der Waals surface area contributed by atoms with Gasteiger partial charge in [-0.15, -0.1) is 0 Å². The molecule has 0 aliphatic heterocycles. The molecule has 1 amide bonds. The Morgan fingerprint density at radius 2 is 2.23 bits per heavy atom. The van der Waals surface area contributed by atoms with E-state index in [1.165, 1.54) is 4.68 Å². The third kappa shape index (κ3) is 3.28. The van der Waals surface area contributed by atoms with E-state index in [1.54, 1.807) is 26.0 Å². The highest BCUT2D eigenvalue weighted by Gasteiger charge is 2.24. The lowest BCUT2D eigenvalue weighted by molar-refractivity contribution is 0.0723. The highest BCUT2D eigenvalue weighted by atomic mass is 35.5. The molecule has 22 heavy (non-hydrogen) atoms. The molecule has 0 aromatic carbocycles. The van der Waals surface area contributed by atoms with Gasteiger partial charge in [0.05, 0.1) is 10.7 Å². The van der Waals surface area contributed by atoms with Gasteiger partial charge in [-0.2, -0.15) is 10.1 Å².